The van der Waals surface area contributed by atoms with E-state index in [1.54, 1.807) is 24.3 Å². The molecule has 1 aromatic rings. The number of hydrogen-bond donors (Lipinski definition) is 3. The zero-order valence-electron chi connectivity index (χ0n) is 10.9. The number of aliphatic hydroxyl groups is 1. The molecule has 1 rings (SSSR count). The maximum Gasteiger partial charge on any atom is 0.242 e. The van der Waals surface area contributed by atoms with Crippen LogP contribution >= 0.6 is 0 Å². The third-order valence-corrected chi connectivity index (χ3v) is 3.93. The number of nitrogens with one attached hydrogen (secondary N) is 2. The van der Waals surface area contributed by atoms with Crippen molar-refractivity contribution in [2.75, 3.05) is 38.7 Å². The lowest BCUT2D eigenvalue weighted by molar-refractivity contribution is 0.0922. The molecule has 0 radical (unpaired) electrons. The first-order valence-corrected chi connectivity index (χ1v) is 7.55. The quantitative estimate of drug-likeness (QED) is 0.573. The maximum atomic E-state index is 11.8. The average Bonchev–Trinajstić information content (AvgIpc) is 2.43. The van der Waals surface area contributed by atoms with Gasteiger partial charge in [-0.05, 0) is 25.6 Å². The monoisotopic (exact) mass is 288 g/mol. The van der Waals surface area contributed by atoms with Crippen LogP contribution in [0.3, 0.4) is 0 Å². The number of aliphatic hydroxyl groups excluding tert-OH is 1. The second-order valence-corrected chi connectivity index (χ2v) is 5.67. The first kappa shape index (κ1) is 15.9. The normalized spacial score (nSPS) is 11.5. The van der Waals surface area contributed by atoms with Crippen LogP contribution in [0.4, 0.5) is 5.69 Å². The predicted molar refractivity (Wildman–Crippen MR) is 73.7 cm³/mol. The van der Waals surface area contributed by atoms with Crippen LogP contribution in [-0.4, -0.2) is 46.9 Å². The van der Waals surface area contributed by atoms with Crippen LogP contribution in [0.15, 0.2) is 29.2 Å². The topological polar surface area (TPSA) is 87.7 Å². The molecule has 0 aromatic heterocycles. The van der Waals surface area contributed by atoms with Gasteiger partial charge in [0.25, 0.3) is 0 Å². The van der Waals surface area contributed by atoms with Crippen LogP contribution in [0, 0.1) is 0 Å². The average molecular weight is 288 g/mol. The van der Waals surface area contributed by atoms with Gasteiger partial charge in [0.2, 0.25) is 10.0 Å². The molecule has 0 aliphatic rings. The molecule has 1 aromatic carbocycles. The van der Waals surface area contributed by atoms with Crippen molar-refractivity contribution < 1.29 is 18.3 Å². The largest absolute Gasteiger partial charge is 0.394 e. The van der Waals surface area contributed by atoms with E-state index in [1.165, 1.54) is 7.05 Å². The minimum atomic E-state index is -3.46. The summed E-state index contributed by atoms with van der Waals surface area (Å²) in [6.07, 6.45) is 0.730. The number of para-hydroxylation sites is 1. The van der Waals surface area contributed by atoms with Crippen LogP contribution in [-0.2, 0) is 14.8 Å². The minimum absolute atomic E-state index is 0.0106. The first-order chi connectivity index (χ1) is 9.11. The maximum absolute atomic E-state index is 11.8. The molecule has 6 nitrogen and oxygen atoms in total. The zero-order chi connectivity index (χ0) is 14.1. The second kappa shape index (κ2) is 8.11. The van der Waals surface area contributed by atoms with Crippen molar-refractivity contribution in [2.24, 2.45) is 0 Å². The molecule has 0 spiro atoms. The third-order valence-electron chi connectivity index (χ3n) is 2.46. The summed E-state index contributed by atoms with van der Waals surface area (Å²) in [4.78, 5) is 0.230. The Balaban J connectivity index is 2.55. The molecule has 0 saturated carbocycles. The van der Waals surface area contributed by atoms with Crippen LogP contribution in [0.1, 0.15) is 6.42 Å². The molecule has 7 heteroatoms. The first-order valence-electron chi connectivity index (χ1n) is 6.07. The van der Waals surface area contributed by atoms with Gasteiger partial charge in [0.1, 0.15) is 4.90 Å². The molecule has 0 amide bonds. The third kappa shape index (κ3) is 5.15. The Morgan fingerprint density at radius 1 is 1.26 bits per heavy atom. The van der Waals surface area contributed by atoms with E-state index in [1.807, 2.05) is 0 Å². The summed E-state index contributed by atoms with van der Waals surface area (Å²) in [7, 11) is -2.07. The molecule has 0 aliphatic carbocycles. The van der Waals surface area contributed by atoms with E-state index in [0.717, 1.165) is 6.42 Å². The number of hydrogen-bond acceptors (Lipinski definition) is 5. The molecule has 0 unspecified atom stereocenters. The Hall–Kier alpha value is -1.15. The molecule has 19 heavy (non-hydrogen) atoms. The van der Waals surface area contributed by atoms with Crippen LogP contribution in [0.5, 0.6) is 0 Å². The molecule has 3 N–H and O–H groups in total. The summed E-state index contributed by atoms with van der Waals surface area (Å²) in [6.45, 7) is 1.46. The fourth-order valence-corrected chi connectivity index (χ4v) is 2.43. The standard InChI is InChI=1S/C12H20N2O4S/c1-13-19(16,17)12-6-3-2-5-11(12)14-7-4-9-18-10-8-15/h2-3,5-6,13-15H,4,7-10H2,1H3. The molecule has 0 heterocycles. The number of benzene rings is 1. The lowest BCUT2D eigenvalue weighted by atomic mass is 10.3. The summed E-state index contributed by atoms with van der Waals surface area (Å²) >= 11 is 0. The fourth-order valence-electron chi connectivity index (χ4n) is 1.52. The highest BCUT2D eigenvalue weighted by atomic mass is 32.2. The van der Waals surface area contributed by atoms with E-state index in [0.29, 0.717) is 25.4 Å². The van der Waals surface area contributed by atoms with Gasteiger partial charge in [-0.25, -0.2) is 13.1 Å². The lowest BCUT2D eigenvalue weighted by Gasteiger charge is -2.11. The van der Waals surface area contributed by atoms with E-state index in [4.69, 9.17) is 9.84 Å². The molecular weight excluding hydrogens is 268 g/mol. The smallest absolute Gasteiger partial charge is 0.242 e. The summed E-state index contributed by atoms with van der Waals surface area (Å²) in [5.41, 5.74) is 0.569. The van der Waals surface area contributed by atoms with Crippen LogP contribution < -0.4 is 10.0 Å². The SMILES string of the molecule is CNS(=O)(=O)c1ccccc1NCCCOCCO. The highest BCUT2D eigenvalue weighted by Crippen LogP contribution is 2.20. The van der Waals surface area contributed by atoms with Gasteiger partial charge in [-0.2, -0.15) is 0 Å². The number of anilines is 1. The van der Waals surface area contributed by atoms with Gasteiger partial charge in [0, 0.05) is 13.2 Å². The van der Waals surface area contributed by atoms with Gasteiger partial charge < -0.3 is 15.2 Å². The Kier molecular flexibility index (Phi) is 6.79. The van der Waals surface area contributed by atoms with E-state index in [9.17, 15) is 8.42 Å². The molecule has 0 bridgehead atoms. The highest BCUT2D eigenvalue weighted by Gasteiger charge is 2.15. The lowest BCUT2D eigenvalue weighted by Crippen LogP contribution is -2.20. The Labute approximate surface area is 113 Å². The zero-order valence-corrected chi connectivity index (χ0v) is 11.7. The van der Waals surface area contributed by atoms with Crippen molar-refractivity contribution in [3.8, 4) is 0 Å². The molecule has 0 fully saturated rings. The van der Waals surface area contributed by atoms with Crippen molar-refractivity contribution in [2.45, 2.75) is 11.3 Å². The van der Waals surface area contributed by atoms with Gasteiger partial charge >= 0.3 is 0 Å². The summed E-state index contributed by atoms with van der Waals surface area (Å²) in [6, 6.07) is 6.73. The van der Waals surface area contributed by atoms with Gasteiger partial charge in [0.05, 0.1) is 18.9 Å². The summed E-state index contributed by atoms with van der Waals surface area (Å²) < 4.78 is 31.0. The van der Waals surface area contributed by atoms with E-state index in [2.05, 4.69) is 10.0 Å². The van der Waals surface area contributed by atoms with Crippen molar-refractivity contribution in [1.82, 2.24) is 4.72 Å². The van der Waals surface area contributed by atoms with Crippen molar-refractivity contribution in [1.29, 1.82) is 0 Å². The van der Waals surface area contributed by atoms with Crippen molar-refractivity contribution >= 4 is 15.7 Å². The van der Waals surface area contributed by atoms with E-state index in [-0.39, 0.29) is 11.5 Å². The molecule has 0 saturated heterocycles. The molecule has 108 valence electrons. The van der Waals surface area contributed by atoms with Gasteiger partial charge in [-0.1, -0.05) is 12.1 Å². The van der Waals surface area contributed by atoms with Gasteiger partial charge in [-0.15, -0.1) is 0 Å². The Morgan fingerprint density at radius 2 is 2.00 bits per heavy atom. The molecule has 0 aliphatic heterocycles. The highest BCUT2D eigenvalue weighted by molar-refractivity contribution is 7.89. The van der Waals surface area contributed by atoms with Gasteiger partial charge in [-0.3, -0.25) is 0 Å². The molecule has 0 atom stereocenters. The Morgan fingerprint density at radius 3 is 2.68 bits per heavy atom. The summed E-state index contributed by atoms with van der Waals surface area (Å²) in [5.74, 6) is 0. The Bertz CT molecular complexity index is 476. The van der Waals surface area contributed by atoms with Crippen LogP contribution in [0.2, 0.25) is 0 Å². The minimum Gasteiger partial charge on any atom is -0.394 e. The fraction of sp³-hybridized carbons (Fsp3) is 0.500. The number of ether oxygens (including phenoxy) is 1. The number of sulfonamides is 1. The van der Waals surface area contributed by atoms with E-state index < -0.39 is 10.0 Å². The predicted octanol–water partition coefficient (Wildman–Crippen LogP) is 0.406. The molecular formula is C12H20N2O4S. The van der Waals surface area contributed by atoms with Gasteiger partial charge in [0.15, 0.2) is 0 Å². The second-order valence-electron chi connectivity index (χ2n) is 3.82. The van der Waals surface area contributed by atoms with E-state index >= 15 is 0 Å². The number of rotatable bonds is 9. The van der Waals surface area contributed by atoms with Crippen molar-refractivity contribution in [3.05, 3.63) is 24.3 Å². The summed E-state index contributed by atoms with van der Waals surface area (Å²) in [5, 5.41) is 11.6. The van der Waals surface area contributed by atoms with Crippen LogP contribution in [0.25, 0.3) is 0 Å². The van der Waals surface area contributed by atoms with Crippen molar-refractivity contribution in [3.63, 3.8) is 0 Å².